The number of hydrogen-bond donors (Lipinski definition) is 1. The third-order valence-electron chi connectivity index (χ3n) is 4.10. The first-order valence-corrected chi connectivity index (χ1v) is 9.55. The number of hydrogen-bond acceptors (Lipinski definition) is 6. The van der Waals surface area contributed by atoms with Crippen LogP contribution in [0, 0.1) is 0 Å². The number of fused-ring (bicyclic) bond motifs is 1. The van der Waals surface area contributed by atoms with Crippen LogP contribution in [0.1, 0.15) is 26.3 Å². The van der Waals surface area contributed by atoms with Crippen LogP contribution in [0.3, 0.4) is 0 Å². The van der Waals surface area contributed by atoms with E-state index < -0.39 is 11.7 Å². The van der Waals surface area contributed by atoms with Crippen LogP contribution >= 0.6 is 0 Å². The van der Waals surface area contributed by atoms with Gasteiger partial charge in [-0.3, -0.25) is 0 Å². The Morgan fingerprint density at radius 1 is 1.14 bits per heavy atom. The molecule has 0 saturated heterocycles. The normalized spacial score (nSPS) is 11.4. The second-order valence-corrected chi connectivity index (χ2v) is 7.59. The molecule has 0 spiro atoms. The van der Waals surface area contributed by atoms with Gasteiger partial charge in [-0.05, 0) is 38.5 Å². The van der Waals surface area contributed by atoms with Crippen LogP contribution in [0.4, 0.5) is 4.79 Å². The van der Waals surface area contributed by atoms with Crippen molar-refractivity contribution in [1.82, 2.24) is 15.1 Å². The Balaban J connectivity index is 1.66. The number of carbonyl (C=O) groups excluding carboxylic acids is 1. The van der Waals surface area contributed by atoms with Gasteiger partial charge in [-0.2, -0.15) is 4.68 Å². The number of ether oxygens (including phenoxy) is 3. The van der Waals surface area contributed by atoms with Gasteiger partial charge in [-0.1, -0.05) is 30.3 Å². The zero-order valence-electron chi connectivity index (χ0n) is 17.3. The van der Waals surface area contributed by atoms with E-state index in [0.29, 0.717) is 35.7 Å². The smallest absolute Gasteiger partial charge is 0.435 e. The van der Waals surface area contributed by atoms with Crippen molar-refractivity contribution >= 4 is 17.0 Å². The van der Waals surface area contributed by atoms with Gasteiger partial charge >= 0.3 is 6.09 Å². The van der Waals surface area contributed by atoms with Crippen LogP contribution < -0.4 is 14.8 Å². The van der Waals surface area contributed by atoms with Gasteiger partial charge in [0.2, 0.25) is 5.88 Å². The van der Waals surface area contributed by atoms with Gasteiger partial charge < -0.3 is 19.5 Å². The van der Waals surface area contributed by atoms with Crippen LogP contribution in [-0.4, -0.2) is 41.7 Å². The van der Waals surface area contributed by atoms with Gasteiger partial charge in [0.15, 0.2) is 0 Å². The summed E-state index contributed by atoms with van der Waals surface area (Å²) in [6.45, 7) is 7.41. The number of aromatic nitrogens is 2. The fraction of sp³-hybridized carbons (Fsp3) is 0.364. The van der Waals surface area contributed by atoms with Gasteiger partial charge in [0.25, 0.3) is 0 Å². The van der Waals surface area contributed by atoms with E-state index in [4.69, 9.17) is 14.2 Å². The molecule has 29 heavy (non-hydrogen) atoms. The summed E-state index contributed by atoms with van der Waals surface area (Å²) in [7, 11) is 1.52. The summed E-state index contributed by atoms with van der Waals surface area (Å²) in [6.07, 6.45) is -0.563. The molecule has 0 aliphatic heterocycles. The van der Waals surface area contributed by atoms with Crippen molar-refractivity contribution in [3.63, 3.8) is 0 Å². The Morgan fingerprint density at radius 2 is 1.90 bits per heavy atom. The first kappa shape index (κ1) is 20.7. The van der Waals surface area contributed by atoms with Gasteiger partial charge in [0, 0.05) is 19.2 Å². The zero-order valence-corrected chi connectivity index (χ0v) is 17.3. The lowest BCUT2D eigenvalue weighted by Crippen LogP contribution is -2.27. The Bertz CT molecular complexity index is 961. The molecule has 0 radical (unpaired) electrons. The number of nitrogens with zero attached hydrogens (tertiary/aromatic N) is 2. The molecule has 2 aromatic carbocycles. The molecule has 0 fully saturated rings. The van der Waals surface area contributed by atoms with E-state index in [1.807, 2.05) is 51.1 Å². The first-order chi connectivity index (χ1) is 13.9. The lowest BCUT2D eigenvalue weighted by molar-refractivity contribution is 0.0520. The summed E-state index contributed by atoms with van der Waals surface area (Å²) < 4.78 is 17.8. The van der Waals surface area contributed by atoms with Crippen LogP contribution in [0.5, 0.6) is 11.6 Å². The molecule has 7 heteroatoms. The van der Waals surface area contributed by atoms with Crippen LogP contribution in [0.15, 0.2) is 48.5 Å². The average Bonchev–Trinajstić information content (AvgIpc) is 3.05. The SMILES string of the molecule is COc1nn(C(=O)OC(C)(C)C)c2cc(OCCNCc3ccccc3)ccc12. The number of nitrogens with one attached hydrogen (secondary N) is 1. The summed E-state index contributed by atoms with van der Waals surface area (Å²) in [5, 5.41) is 8.29. The molecule has 1 aromatic heterocycles. The summed E-state index contributed by atoms with van der Waals surface area (Å²) in [5.74, 6) is 1.01. The molecule has 3 rings (SSSR count). The molecule has 0 atom stereocenters. The molecule has 0 saturated carbocycles. The summed E-state index contributed by atoms with van der Waals surface area (Å²) in [6, 6.07) is 15.6. The second-order valence-electron chi connectivity index (χ2n) is 7.59. The van der Waals surface area contributed by atoms with Crippen molar-refractivity contribution in [2.45, 2.75) is 32.9 Å². The van der Waals surface area contributed by atoms with E-state index in [0.717, 1.165) is 6.54 Å². The minimum Gasteiger partial charge on any atom is -0.492 e. The van der Waals surface area contributed by atoms with Crippen LogP contribution in [0.25, 0.3) is 10.9 Å². The fourth-order valence-corrected chi connectivity index (χ4v) is 2.82. The predicted octanol–water partition coefficient (Wildman–Crippen LogP) is 4.00. The van der Waals surface area contributed by atoms with Crippen molar-refractivity contribution in [3.05, 3.63) is 54.1 Å². The van der Waals surface area contributed by atoms with Crippen molar-refractivity contribution in [1.29, 1.82) is 0 Å². The van der Waals surface area contributed by atoms with Gasteiger partial charge in [-0.15, -0.1) is 5.10 Å². The third kappa shape index (κ3) is 5.48. The maximum Gasteiger partial charge on any atom is 0.435 e. The lowest BCUT2D eigenvalue weighted by atomic mass is 10.2. The Kier molecular flexibility index (Phi) is 6.39. The Labute approximate surface area is 170 Å². The molecule has 0 unspecified atom stereocenters. The summed E-state index contributed by atoms with van der Waals surface area (Å²) >= 11 is 0. The maximum atomic E-state index is 12.5. The van der Waals surface area contributed by atoms with Gasteiger partial charge in [0.05, 0.1) is 18.0 Å². The number of carbonyl (C=O) groups is 1. The number of rotatable bonds is 7. The van der Waals surface area contributed by atoms with E-state index in [1.165, 1.54) is 17.4 Å². The largest absolute Gasteiger partial charge is 0.492 e. The molecule has 0 aliphatic carbocycles. The van der Waals surface area contributed by atoms with Crippen molar-refractivity contribution in [2.24, 2.45) is 0 Å². The van der Waals surface area contributed by atoms with Gasteiger partial charge in [0.1, 0.15) is 18.0 Å². The van der Waals surface area contributed by atoms with Gasteiger partial charge in [-0.25, -0.2) is 4.79 Å². The van der Waals surface area contributed by atoms with Crippen LogP contribution in [-0.2, 0) is 11.3 Å². The minimum absolute atomic E-state index is 0.363. The molecule has 1 N–H and O–H groups in total. The highest BCUT2D eigenvalue weighted by atomic mass is 16.6. The molecule has 154 valence electrons. The minimum atomic E-state index is -0.624. The molecule has 0 amide bonds. The molecule has 0 bridgehead atoms. The molecule has 3 aromatic rings. The number of methoxy groups -OCH3 is 1. The second kappa shape index (κ2) is 8.96. The molecule has 0 aliphatic rings. The molecule has 1 heterocycles. The summed E-state index contributed by atoms with van der Waals surface area (Å²) in [5.41, 5.74) is 1.18. The van der Waals surface area contributed by atoms with E-state index in [9.17, 15) is 4.79 Å². The van der Waals surface area contributed by atoms with E-state index in [2.05, 4.69) is 22.5 Å². The highest BCUT2D eigenvalue weighted by molar-refractivity contribution is 5.92. The van der Waals surface area contributed by atoms with Crippen molar-refractivity contribution in [3.8, 4) is 11.6 Å². The highest BCUT2D eigenvalue weighted by Crippen LogP contribution is 2.29. The summed E-state index contributed by atoms with van der Waals surface area (Å²) in [4.78, 5) is 12.5. The lowest BCUT2D eigenvalue weighted by Gasteiger charge is -2.19. The van der Waals surface area contributed by atoms with E-state index >= 15 is 0 Å². The van der Waals surface area contributed by atoms with E-state index in [-0.39, 0.29) is 0 Å². The fourth-order valence-electron chi connectivity index (χ4n) is 2.82. The maximum absolute atomic E-state index is 12.5. The standard InChI is InChI=1S/C22H27N3O4/c1-22(2,3)29-21(26)25-19-14-17(10-11-18(19)20(24-25)27-4)28-13-12-23-15-16-8-6-5-7-9-16/h5-11,14,23H,12-13,15H2,1-4H3. The van der Waals surface area contributed by atoms with E-state index in [1.54, 1.807) is 6.07 Å². The molecular formula is C22H27N3O4. The molecular weight excluding hydrogens is 370 g/mol. The average molecular weight is 397 g/mol. The van der Waals surface area contributed by atoms with Crippen molar-refractivity contribution < 1.29 is 19.0 Å². The predicted molar refractivity (Wildman–Crippen MR) is 112 cm³/mol. The first-order valence-electron chi connectivity index (χ1n) is 9.55. The van der Waals surface area contributed by atoms with Crippen molar-refractivity contribution in [2.75, 3.05) is 20.3 Å². The zero-order chi connectivity index (χ0) is 20.9. The molecule has 7 nitrogen and oxygen atoms in total. The Hall–Kier alpha value is -3.06. The number of benzene rings is 2. The Morgan fingerprint density at radius 3 is 2.59 bits per heavy atom. The monoisotopic (exact) mass is 397 g/mol. The topological polar surface area (TPSA) is 74.6 Å². The quantitative estimate of drug-likeness (QED) is 0.608. The highest BCUT2D eigenvalue weighted by Gasteiger charge is 2.22. The third-order valence-corrected chi connectivity index (χ3v) is 4.10. The van der Waals surface area contributed by atoms with Crippen LogP contribution in [0.2, 0.25) is 0 Å².